The van der Waals surface area contributed by atoms with Crippen LogP contribution < -0.4 is 10.6 Å². The van der Waals surface area contributed by atoms with Crippen LogP contribution in [0.15, 0.2) is 18.2 Å². The molecule has 1 aromatic carbocycles. The van der Waals surface area contributed by atoms with Gasteiger partial charge in [0, 0.05) is 25.7 Å². The summed E-state index contributed by atoms with van der Waals surface area (Å²) in [5, 5.41) is 10.5. The van der Waals surface area contributed by atoms with Crippen molar-refractivity contribution in [3.05, 3.63) is 28.3 Å². The Morgan fingerprint density at radius 2 is 2.20 bits per heavy atom. The fourth-order valence-electron chi connectivity index (χ4n) is 1.46. The molecule has 0 aliphatic heterocycles. The van der Waals surface area contributed by atoms with Crippen molar-refractivity contribution in [2.24, 2.45) is 0 Å². The zero-order valence-corrected chi connectivity index (χ0v) is 8.93. The van der Waals surface area contributed by atoms with E-state index >= 15 is 0 Å². The predicted molar refractivity (Wildman–Crippen MR) is 61.1 cm³/mol. The van der Waals surface area contributed by atoms with Crippen molar-refractivity contribution in [2.75, 3.05) is 24.2 Å². The van der Waals surface area contributed by atoms with E-state index in [1.165, 1.54) is 12.1 Å². The van der Waals surface area contributed by atoms with Gasteiger partial charge in [-0.15, -0.1) is 0 Å². The van der Waals surface area contributed by atoms with Gasteiger partial charge in [0.15, 0.2) is 0 Å². The molecular weight excluding hydrogens is 194 g/mol. The molecule has 0 aliphatic carbocycles. The number of benzene rings is 1. The second kappa shape index (κ2) is 4.63. The van der Waals surface area contributed by atoms with Gasteiger partial charge < -0.3 is 10.6 Å². The smallest absolute Gasteiger partial charge is 0.271 e. The molecule has 15 heavy (non-hydrogen) atoms. The van der Waals surface area contributed by atoms with E-state index in [1.54, 1.807) is 6.07 Å². The Labute approximate surface area is 88.6 Å². The summed E-state index contributed by atoms with van der Waals surface area (Å²) in [6, 6.07) is 4.54. The van der Waals surface area contributed by atoms with Crippen LogP contribution in [-0.2, 0) is 0 Å². The van der Waals surface area contributed by atoms with Gasteiger partial charge in [0.05, 0.1) is 16.3 Å². The van der Waals surface area contributed by atoms with Crippen LogP contribution >= 0.6 is 0 Å². The molecule has 1 aromatic rings. The highest BCUT2D eigenvalue weighted by Crippen LogP contribution is 2.26. The zero-order valence-electron chi connectivity index (χ0n) is 8.93. The van der Waals surface area contributed by atoms with Crippen molar-refractivity contribution in [3.8, 4) is 0 Å². The Kier molecular flexibility index (Phi) is 3.49. The summed E-state index contributed by atoms with van der Waals surface area (Å²) in [5.41, 5.74) is 7.05. The van der Waals surface area contributed by atoms with Gasteiger partial charge in [-0.25, -0.2) is 0 Å². The Morgan fingerprint density at radius 3 is 2.67 bits per heavy atom. The third-order valence-corrected chi connectivity index (χ3v) is 2.19. The average molecular weight is 209 g/mol. The number of rotatable bonds is 4. The third kappa shape index (κ3) is 2.59. The van der Waals surface area contributed by atoms with E-state index in [9.17, 15) is 10.1 Å². The molecule has 0 radical (unpaired) electrons. The second-order valence-corrected chi connectivity index (χ2v) is 3.42. The normalized spacial score (nSPS) is 10.0. The van der Waals surface area contributed by atoms with Crippen LogP contribution in [0.1, 0.15) is 13.3 Å². The maximum Gasteiger partial charge on any atom is 0.271 e. The summed E-state index contributed by atoms with van der Waals surface area (Å²) >= 11 is 0. The highest BCUT2D eigenvalue weighted by Gasteiger charge is 2.10. The van der Waals surface area contributed by atoms with Crippen LogP contribution in [0.5, 0.6) is 0 Å². The van der Waals surface area contributed by atoms with E-state index in [0.29, 0.717) is 5.69 Å². The highest BCUT2D eigenvalue weighted by molar-refractivity contribution is 5.70. The summed E-state index contributed by atoms with van der Waals surface area (Å²) in [5.74, 6) is 0. The van der Waals surface area contributed by atoms with Gasteiger partial charge in [-0.05, 0) is 12.5 Å². The minimum absolute atomic E-state index is 0.0288. The standard InChI is InChI=1S/C10H15N3O2/c1-3-6-12(2)10-5-4-8(13(14)15)7-9(10)11/h4-5,7H,3,6,11H2,1-2H3. The summed E-state index contributed by atoms with van der Waals surface area (Å²) in [6.45, 7) is 2.94. The SMILES string of the molecule is CCCN(C)c1ccc([N+](=O)[O-])cc1N. The molecule has 5 nitrogen and oxygen atoms in total. The van der Waals surface area contributed by atoms with E-state index < -0.39 is 4.92 Å². The number of anilines is 2. The van der Waals surface area contributed by atoms with Gasteiger partial charge in [-0.3, -0.25) is 10.1 Å². The Bertz CT molecular complexity index is 366. The van der Waals surface area contributed by atoms with Gasteiger partial charge in [0.2, 0.25) is 0 Å². The Hall–Kier alpha value is -1.78. The molecule has 0 saturated heterocycles. The minimum Gasteiger partial charge on any atom is -0.397 e. The Morgan fingerprint density at radius 1 is 1.53 bits per heavy atom. The first-order valence-electron chi connectivity index (χ1n) is 4.81. The topological polar surface area (TPSA) is 72.4 Å². The lowest BCUT2D eigenvalue weighted by Gasteiger charge is -2.19. The first-order chi connectivity index (χ1) is 7.06. The monoisotopic (exact) mass is 209 g/mol. The zero-order chi connectivity index (χ0) is 11.4. The first-order valence-corrected chi connectivity index (χ1v) is 4.81. The second-order valence-electron chi connectivity index (χ2n) is 3.42. The molecule has 0 aliphatic rings. The molecule has 82 valence electrons. The van der Waals surface area contributed by atoms with Crippen molar-refractivity contribution < 1.29 is 4.92 Å². The lowest BCUT2D eigenvalue weighted by atomic mass is 10.2. The third-order valence-electron chi connectivity index (χ3n) is 2.19. The van der Waals surface area contributed by atoms with E-state index in [1.807, 2.05) is 11.9 Å². The lowest BCUT2D eigenvalue weighted by molar-refractivity contribution is -0.384. The van der Waals surface area contributed by atoms with Gasteiger partial charge in [-0.1, -0.05) is 6.92 Å². The number of nitro benzene ring substituents is 1. The molecule has 0 unspecified atom stereocenters. The maximum absolute atomic E-state index is 10.5. The van der Waals surface area contributed by atoms with Gasteiger partial charge >= 0.3 is 0 Å². The largest absolute Gasteiger partial charge is 0.397 e. The fraction of sp³-hybridized carbons (Fsp3) is 0.400. The van der Waals surface area contributed by atoms with Crippen molar-refractivity contribution in [1.82, 2.24) is 0 Å². The van der Waals surface area contributed by atoms with Crippen molar-refractivity contribution in [1.29, 1.82) is 0 Å². The van der Waals surface area contributed by atoms with Crippen molar-refractivity contribution in [3.63, 3.8) is 0 Å². The molecule has 5 heteroatoms. The number of nitrogens with zero attached hydrogens (tertiary/aromatic N) is 2. The predicted octanol–water partition coefficient (Wildman–Crippen LogP) is 2.02. The Balaban J connectivity index is 2.97. The molecule has 0 spiro atoms. The molecule has 1 rings (SSSR count). The molecule has 0 amide bonds. The number of non-ortho nitro benzene ring substituents is 1. The minimum atomic E-state index is -0.444. The maximum atomic E-state index is 10.5. The van der Waals surface area contributed by atoms with Crippen LogP contribution in [0.25, 0.3) is 0 Å². The summed E-state index contributed by atoms with van der Waals surface area (Å²) in [4.78, 5) is 12.0. The number of nitro groups is 1. The summed E-state index contributed by atoms with van der Waals surface area (Å²) in [7, 11) is 1.92. The number of nitrogens with two attached hydrogens (primary N) is 1. The van der Waals surface area contributed by atoms with E-state index in [0.717, 1.165) is 18.7 Å². The number of hydrogen-bond donors (Lipinski definition) is 1. The molecule has 0 heterocycles. The van der Waals surface area contributed by atoms with Gasteiger partial charge in [-0.2, -0.15) is 0 Å². The molecular formula is C10H15N3O2. The van der Waals surface area contributed by atoms with Crippen LogP contribution in [0.2, 0.25) is 0 Å². The first kappa shape index (κ1) is 11.3. The van der Waals surface area contributed by atoms with Crippen LogP contribution in [0.3, 0.4) is 0 Å². The average Bonchev–Trinajstić information content (AvgIpc) is 2.17. The van der Waals surface area contributed by atoms with E-state index in [-0.39, 0.29) is 5.69 Å². The number of nitrogen functional groups attached to an aromatic ring is 1. The molecule has 0 fully saturated rings. The van der Waals surface area contributed by atoms with Gasteiger partial charge in [0.25, 0.3) is 5.69 Å². The molecule has 0 bridgehead atoms. The van der Waals surface area contributed by atoms with E-state index in [4.69, 9.17) is 5.73 Å². The van der Waals surface area contributed by atoms with Gasteiger partial charge in [0.1, 0.15) is 0 Å². The van der Waals surface area contributed by atoms with Crippen LogP contribution in [-0.4, -0.2) is 18.5 Å². The molecule has 0 aromatic heterocycles. The summed E-state index contributed by atoms with van der Waals surface area (Å²) in [6.07, 6.45) is 1.01. The quantitative estimate of drug-likeness (QED) is 0.467. The highest BCUT2D eigenvalue weighted by atomic mass is 16.6. The number of hydrogen-bond acceptors (Lipinski definition) is 4. The van der Waals surface area contributed by atoms with Crippen molar-refractivity contribution >= 4 is 17.1 Å². The van der Waals surface area contributed by atoms with Crippen molar-refractivity contribution in [2.45, 2.75) is 13.3 Å². The van der Waals surface area contributed by atoms with E-state index in [2.05, 4.69) is 6.92 Å². The molecule has 0 atom stereocenters. The van der Waals surface area contributed by atoms with Crippen LogP contribution in [0, 0.1) is 10.1 Å². The fourth-order valence-corrected chi connectivity index (χ4v) is 1.46. The lowest BCUT2D eigenvalue weighted by Crippen LogP contribution is -2.19. The van der Waals surface area contributed by atoms with Crippen LogP contribution in [0.4, 0.5) is 17.1 Å². The molecule has 0 saturated carbocycles. The molecule has 2 N–H and O–H groups in total. The summed E-state index contributed by atoms with van der Waals surface area (Å²) < 4.78 is 0.